The van der Waals surface area contributed by atoms with Crippen LogP contribution in [0.5, 0.6) is 0 Å². The normalized spacial score (nSPS) is 18.0. The van der Waals surface area contributed by atoms with Gasteiger partial charge in [0.1, 0.15) is 5.82 Å². The number of amides is 1. The van der Waals surface area contributed by atoms with Gasteiger partial charge in [-0.1, -0.05) is 26.2 Å². The Hall–Kier alpha value is -1.58. The molecular weight excluding hydrogens is 238 g/mol. The van der Waals surface area contributed by atoms with Crippen LogP contribution in [-0.2, 0) is 6.42 Å². The number of rotatable bonds is 3. The van der Waals surface area contributed by atoms with Crippen molar-refractivity contribution >= 4 is 11.7 Å². The molecule has 3 N–H and O–H groups in total. The number of hydrogen-bond acceptors (Lipinski definition) is 3. The Morgan fingerprint density at radius 3 is 2.68 bits per heavy atom. The lowest BCUT2D eigenvalue weighted by molar-refractivity contribution is 0.0882. The van der Waals surface area contributed by atoms with E-state index < -0.39 is 0 Å². The van der Waals surface area contributed by atoms with Gasteiger partial charge in [-0.2, -0.15) is 0 Å². The fraction of sp³-hybridized carbons (Fsp3) is 0.600. The summed E-state index contributed by atoms with van der Waals surface area (Å²) in [7, 11) is 0. The molecule has 1 aliphatic rings. The summed E-state index contributed by atoms with van der Waals surface area (Å²) >= 11 is 0. The number of nitrogen functional groups attached to an aromatic ring is 1. The minimum atomic E-state index is -0.0697. The van der Waals surface area contributed by atoms with Crippen molar-refractivity contribution in [3.63, 3.8) is 0 Å². The van der Waals surface area contributed by atoms with Crippen molar-refractivity contribution in [2.24, 2.45) is 0 Å². The number of carbonyl (C=O) groups excluding carboxylic acids is 1. The third kappa shape index (κ3) is 3.46. The zero-order valence-corrected chi connectivity index (χ0v) is 11.8. The summed E-state index contributed by atoms with van der Waals surface area (Å²) in [4.78, 5) is 16.5. The molecule has 1 fully saturated rings. The van der Waals surface area contributed by atoms with E-state index in [1.807, 2.05) is 13.0 Å². The number of aromatic nitrogens is 1. The molecule has 0 aliphatic heterocycles. The lowest BCUT2D eigenvalue weighted by Gasteiger charge is -2.34. The molecule has 4 nitrogen and oxygen atoms in total. The molecule has 0 radical (unpaired) electrons. The van der Waals surface area contributed by atoms with E-state index in [-0.39, 0.29) is 11.4 Å². The maximum atomic E-state index is 12.3. The number of nitrogens with two attached hydrogens (primary N) is 1. The monoisotopic (exact) mass is 261 g/mol. The van der Waals surface area contributed by atoms with Gasteiger partial charge >= 0.3 is 0 Å². The Bertz CT molecular complexity index is 464. The maximum absolute atomic E-state index is 12.3. The number of nitrogens with zero attached hydrogens (tertiary/aromatic N) is 1. The van der Waals surface area contributed by atoms with Crippen LogP contribution in [0.4, 0.5) is 5.82 Å². The molecule has 0 saturated heterocycles. The van der Waals surface area contributed by atoms with Crippen molar-refractivity contribution in [2.45, 2.75) is 57.9 Å². The van der Waals surface area contributed by atoms with Crippen LogP contribution >= 0.6 is 0 Å². The molecule has 1 amide bonds. The van der Waals surface area contributed by atoms with Gasteiger partial charge in [0, 0.05) is 16.8 Å². The summed E-state index contributed by atoms with van der Waals surface area (Å²) in [5, 5.41) is 3.17. The zero-order chi connectivity index (χ0) is 13.9. The zero-order valence-electron chi connectivity index (χ0n) is 11.8. The van der Waals surface area contributed by atoms with Gasteiger partial charge in [-0.3, -0.25) is 4.79 Å². The summed E-state index contributed by atoms with van der Waals surface area (Å²) in [6.07, 6.45) is 6.54. The largest absolute Gasteiger partial charge is 0.384 e. The number of hydrogen-bond donors (Lipinski definition) is 2. The van der Waals surface area contributed by atoms with E-state index in [1.165, 1.54) is 19.3 Å². The van der Waals surface area contributed by atoms with Crippen molar-refractivity contribution in [1.29, 1.82) is 0 Å². The van der Waals surface area contributed by atoms with E-state index in [4.69, 9.17) is 5.73 Å². The van der Waals surface area contributed by atoms with E-state index >= 15 is 0 Å². The topological polar surface area (TPSA) is 68.0 Å². The summed E-state index contributed by atoms with van der Waals surface area (Å²) in [5.74, 6) is 0.381. The van der Waals surface area contributed by atoms with Gasteiger partial charge in [-0.25, -0.2) is 4.98 Å². The first-order valence-corrected chi connectivity index (χ1v) is 7.11. The highest BCUT2D eigenvalue weighted by Crippen LogP contribution is 2.27. The predicted molar refractivity (Wildman–Crippen MR) is 77.0 cm³/mol. The standard InChI is InChI=1S/C15H23N3O/c1-3-12-9-11(10-13(16)17-12)14(19)18-15(2)7-5-4-6-8-15/h9-10H,3-8H2,1-2H3,(H2,16,17)(H,18,19). The first-order valence-electron chi connectivity index (χ1n) is 7.11. The minimum absolute atomic E-state index is 0.0341. The molecule has 1 heterocycles. The second kappa shape index (κ2) is 5.59. The van der Waals surface area contributed by atoms with Crippen LogP contribution < -0.4 is 11.1 Å². The van der Waals surface area contributed by atoms with Crippen LogP contribution in [0.25, 0.3) is 0 Å². The van der Waals surface area contributed by atoms with Gasteiger partial charge in [0.15, 0.2) is 0 Å². The number of pyridine rings is 1. The van der Waals surface area contributed by atoms with Crippen LogP contribution in [0.3, 0.4) is 0 Å². The number of carbonyl (C=O) groups is 1. The fourth-order valence-electron chi connectivity index (χ4n) is 2.73. The highest BCUT2D eigenvalue weighted by atomic mass is 16.1. The summed E-state index contributed by atoms with van der Waals surface area (Å²) < 4.78 is 0. The van der Waals surface area contributed by atoms with Gasteiger partial charge in [-0.15, -0.1) is 0 Å². The number of aryl methyl sites for hydroxylation is 1. The molecule has 1 aromatic rings. The Morgan fingerprint density at radius 1 is 1.37 bits per heavy atom. The summed E-state index contributed by atoms with van der Waals surface area (Å²) in [6.45, 7) is 4.14. The van der Waals surface area contributed by atoms with Crippen molar-refractivity contribution in [1.82, 2.24) is 10.3 Å². The smallest absolute Gasteiger partial charge is 0.251 e. The third-order valence-electron chi connectivity index (χ3n) is 3.90. The molecule has 2 rings (SSSR count). The molecule has 0 unspecified atom stereocenters. The molecular formula is C15H23N3O. The lowest BCUT2D eigenvalue weighted by atomic mass is 9.83. The second-order valence-electron chi connectivity index (χ2n) is 5.70. The fourth-order valence-corrected chi connectivity index (χ4v) is 2.73. The van der Waals surface area contributed by atoms with Gasteiger partial charge in [-0.05, 0) is 38.3 Å². The number of anilines is 1. The molecule has 104 valence electrons. The summed E-state index contributed by atoms with van der Waals surface area (Å²) in [6, 6.07) is 3.48. The van der Waals surface area contributed by atoms with Crippen LogP contribution in [0.2, 0.25) is 0 Å². The molecule has 1 saturated carbocycles. The first-order chi connectivity index (χ1) is 9.02. The van der Waals surface area contributed by atoms with Crippen molar-refractivity contribution < 1.29 is 4.79 Å². The van der Waals surface area contributed by atoms with Crippen LogP contribution in [0.15, 0.2) is 12.1 Å². The molecule has 1 aliphatic carbocycles. The third-order valence-corrected chi connectivity index (χ3v) is 3.90. The molecule has 0 aromatic carbocycles. The highest BCUT2D eigenvalue weighted by molar-refractivity contribution is 5.95. The Balaban J connectivity index is 2.13. The molecule has 1 aromatic heterocycles. The van der Waals surface area contributed by atoms with Crippen LogP contribution in [-0.4, -0.2) is 16.4 Å². The van der Waals surface area contributed by atoms with Crippen molar-refractivity contribution in [3.8, 4) is 0 Å². The van der Waals surface area contributed by atoms with Gasteiger partial charge in [0.25, 0.3) is 5.91 Å². The van der Waals surface area contributed by atoms with Gasteiger partial charge < -0.3 is 11.1 Å². The first kappa shape index (κ1) is 13.8. The predicted octanol–water partition coefficient (Wildman–Crippen LogP) is 2.68. The minimum Gasteiger partial charge on any atom is -0.384 e. The van der Waals surface area contributed by atoms with E-state index in [0.29, 0.717) is 11.4 Å². The molecule has 0 bridgehead atoms. The quantitative estimate of drug-likeness (QED) is 0.879. The van der Waals surface area contributed by atoms with Crippen molar-refractivity contribution in [2.75, 3.05) is 5.73 Å². The van der Waals surface area contributed by atoms with E-state index in [2.05, 4.69) is 17.2 Å². The number of nitrogens with one attached hydrogen (secondary N) is 1. The molecule has 0 spiro atoms. The lowest BCUT2D eigenvalue weighted by Crippen LogP contribution is -2.47. The van der Waals surface area contributed by atoms with E-state index in [1.54, 1.807) is 6.07 Å². The molecule has 19 heavy (non-hydrogen) atoms. The van der Waals surface area contributed by atoms with Gasteiger partial charge in [0.2, 0.25) is 0 Å². The Kier molecular flexibility index (Phi) is 4.08. The average molecular weight is 261 g/mol. The molecule has 4 heteroatoms. The second-order valence-corrected chi connectivity index (χ2v) is 5.70. The van der Waals surface area contributed by atoms with Gasteiger partial charge in [0.05, 0.1) is 0 Å². The van der Waals surface area contributed by atoms with E-state index in [9.17, 15) is 4.79 Å². The average Bonchev–Trinajstić information content (AvgIpc) is 2.38. The summed E-state index contributed by atoms with van der Waals surface area (Å²) in [5.41, 5.74) is 7.16. The highest BCUT2D eigenvalue weighted by Gasteiger charge is 2.28. The Labute approximate surface area is 114 Å². The van der Waals surface area contributed by atoms with E-state index in [0.717, 1.165) is 25.0 Å². The molecule has 0 atom stereocenters. The van der Waals surface area contributed by atoms with Crippen molar-refractivity contribution in [3.05, 3.63) is 23.4 Å². The van der Waals surface area contributed by atoms with Crippen LogP contribution in [0.1, 0.15) is 62.0 Å². The SMILES string of the molecule is CCc1cc(C(=O)NC2(C)CCCCC2)cc(N)n1. The Morgan fingerprint density at radius 2 is 2.05 bits per heavy atom. The maximum Gasteiger partial charge on any atom is 0.251 e. The van der Waals surface area contributed by atoms with Crippen LogP contribution in [0, 0.1) is 0 Å².